The SMILES string of the molecule is COc1ccc(Br)c(CS(=O)(=O)c2ccc(Br)cc2N)c1. The van der Waals surface area contributed by atoms with Gasteiger partial charge < -0.3 is 10.5 Å². The van der Waals surface area contributed by atoms with Crippen molar-refractivity contribution in [3.05, 3.63) is 50.9 Å². The van der Waals surface area contributed by atoms with Gasteiger partial charge in [0, 0.05) is 8.95 Å². The van der Waals surface area contributed by atoms with Gasteiger partial charge >= 0.3 is 0 Å². The summed E-state index contributed by atoms with van der Waals surface area (Å²) in [5.74, 6) is 0.448. The van der Waals surface area contributed by atoms with Gasteiger partial charge in [-0.15, -0.1) is 0 Å². The highest BCUT2D eigenvalue weighted by Crippen LogP contribution is 2.29. The summed E-state index contributed by atoms with van der Waals surface area (Å²) in [5.41, 5.74) is 6.66. The first-order valence-electron chi connectivity index (χ1n) is 5.93. The molecule has 21 heavy (non-hydrogen) atoms. The smallest absolute Gasteiger partial charge is 0.184 e. The van der Waals surface area contributed by atoms with Crippen molar-refractivity contribution >= 4 is 47.4 Å². The molecule has 0 bridgehead atoms. The van der Waals surface area contributed by atoms with E-state index >= 15 is 0 Å². The second kappa shape index (κ2) is 6.37. The molecule has 2 aromatic carbocycles. The Hall–Kier alpha value is -1.05. The van der Waals surface area contributed by atoms with Crippen LogP contribution in [0, 0.1) is 0 Å². The number of halogens is 2. The Kier molecular flexibility index (Phi) is 4.95. The minimum atomic E-state index is -3.54. The second-order valence-electron chi connectivity index (χ2n) is 4.40. The summed E-state index contributed by atoms with van der Waals surface area (Å²) in [4.78, 5) is 0.125. The summed E-state index contributed by atoms with van der Waals surface area (Å²) in [5, 5.41) is 0. The monoisotopic (exact) mass is 433 g/mol. The lowest BCUT2D eigenvalue weighted by molar-refractivity contribution is 0.414. The fourth-order valence-electron chi connectivity index (χ4n) is 1.87. The van der Waals surface area contributed by atoms with Crippen molar-refractivity contribution in [1.82, 2.24) is 0 Å². The number of ether oxygens (including phenoxy) is 1. The molecule has 0 spiro atoms. The van der Waals surface area contributed by atoms with E-state index < -0.39 is 9.84 Å². The molecule has 0 unspecified atom stereocenters. The number of anilines is 1. The van der Waals surface area contributed by atoms with Crippen molar-refractivity contribution < 1.29 is 13.2 Å². The summed E-state index contributed by atoms with van der Waals surface area (Å²) >= 11 is 6.62. The lowest BCUT2D eigenvalue weighted by atomic mass is 10.2. The Bertz CT molecular complexity index is 776. The first kappa shape index (κ1) is 16.3. The predicted octanol–water partition coefficient (Wildman–Crippen LogP) is 3.78. The van der Waals surface area contributed by atoms with Gasteiger partial charge in [0.15, 0.2) is 9.84 Å². The summed E-state index contributed by atoms with van der Waals surface area (Å²) in [6.45, 7) is 0. The number of methoxy groups -OCH3 is 1. The van der Waals surface area contributed by atoms with E-state index in [1.165, 1.54) is 13.2 Å². The maximum atomic E-state index is 12.5. The molecule has 112 valence electrons. The van der Waals surface area contributed by atoms with Crippen LogP contribution in [0.4, 0.5) is 5.69 Å². The maximum Gasteiger partial charge on any atom is 0.184 e. The van der Waals surface area contributed by atoms with Crippen LogP contribution in [0.2, 0.25) is 0 Å². The van der Waals surface area contributed by atoms with Crippen LogP contribution >= 0.6 is 31.9 Å². The topological polar surface area (TPSA) is 69.4 Å². The van der Waals surface area contributed by atoms with Gasteiger partial charge in [-0.05, 0) is 42.0 Å². The third-order valence-corrected chi connectivity index (χ3v) is 5.91. The highest BCUT2D eigenvalue weighted by Gasteiger charge is 2.20. The molecule has 0 aliphatic rings. The Morgan fingerprint density at radius 1 is 1.14 bits per heavy atom. The first-order chi connectivity index (χ1) is 9.83. The molecule has 0 fully saturated rings. The molecule has 0 saturated heterocycles. The van der Waals surface area contributed by atoms with Crippen molar-refractivity contribution in [1.29, 1.82) is 0 Å². The van der Waals surface area contributed by atoms with E-state index in [1.807, 2.05) is 0 Å². The lowest BCUT2D eigenvalue weighted by Gasteiger charge is -2.10. The van der Waals surface area contributed by atoms with Gasteiger partial charge in [-0.3, -0.25) is 0 Å². The van der Waals surface area contributed by atoms with Gasteiger partial charge in [0.25, 0.3) is 0 Å². The largest absolute Gasteiger partial charge is 0.497 e. The van der Waals surface area contributed by atoms with Crippen molar-refractivity contribution in [2.75, 3.05) is 12.8 Å². The summed E-state index contributed by atoms with van der Waals surface area (Å²) in [7, 11) is -2.00. The summed E-state index contributed by atoms with van der Waals surface area (Å²) in [6.07, 6.45) is 0. The third-order valence-electron chi connectivity index (χ3n) is 2.91. The Morgan fingerprint density at radius 2 is 1.86 bits per heavy atom. The molecule has 0 heterocycles. The number of rotatable bonds is 4. The van der Waals surface area contributed by atoms with Gasteiger partial charge in [0.05, 0.1) is 23.4 Å². The predicted molar refractivity (Wildman–Crippen MR) is 90.1 cm³/mol. The van der Waals surface area contributed by atoms with Crippen LogP contribution in [0.5, 0.6) is 5.75 Å². The Morgan fingerprint density at radius 3 is 2.48 bits per heavy atom. The lowest BCUT2D eigenvalue weighted by Crippen LogP contribution is -2.08. The number of hydrogen-bond donors (Lipinski definition) is 1. The van der Waals surface area contributed by atoms with E-state index in [4.69, 9.17) is 10.5 Å². The Labute approximate surface area is 140 Å². The zero-order chi connectivity index (χ0) is 15.6. The molecule has 0 aliphatic heterocycles. The molecule has 0 radical (unpaired) electrons. The van der Waals surface area contributed by atoms with E-state index in [0.717, 1.165) is 4.47 Å². The van der Waals surface area contributed by atoms with E-state index in [9.17, 15) is 8.42 Å². The van der Waals surface area contributed by atoms with E-state index in [1.54, 1.807) is 30.3 Å². The van der Waals surface area contributed by atoms with E-state index in [-0.39, 0.29) is 16.3 Å². The van der Waals surface area contributed by atoms with Crippen molar-refractivity contribution in [3.63, 3.8) is 0 Å². The molecule has 7 heteroatoms. The molecular formula is C14H13Br2NO3S. The number of benzene rings is 2. The van der Waals surface area contributed by atoms with Crippen LogP contribution in [0.1, 0.15) is 5.56 Å². The van der Waals surface area contributed by atoms with Crippen LogP contribution in [-0.2, 0) is 15.6 Å². The molecule has 2 rings (SSSR count). The average Bonchev–Trinajstić information content (AvgIpc) is 2.40. The Balaban J connectivity index is 2.42. The zero-order valence-electron chi connectivity index (χ0n) is 11.1. The van der Waals surface area contributed by atoms with Crippen molar-refractivity contribution in [3.8, 4) is 5.75 Å². The van der Waals surface area contributed by atoms with E-state index in [0.29, 0.717) is 15.8 Å². The molecule has 0 atom stereocenters. The standard InChI is InChI=1S/C14H13Br2NO3S/c1-20-11-3-4-12(16)9(6-11)8-21(18,19)14-5-2-10(15)7-13(14)17/h2-7H,8,17H2,1H3. The van der Waals surface area contributed by atoms with Crippen molar-refractivity contribution in [2.24, 2.45) is 0 Å². The quantitative estimate of drug-likeness (QED) is 0.743. The van der Waals surface area contributed by atoms with Crippen LogP contribution in [-0.4, -0.2) is 15.5 Å². The normalized spacial score (nSPS) is 11.4. The number of nitrogen functional groups attached to an aromatic ring is 1. The first-order valence-corrected chi connectivity index (χ1v) is 9.17. The van der Waals surface area contributed by atoms with Gasteiger partial charge in [-0.1, -0.05) is 31.9 Å². The zero-order valence-corrected chi connectivity index (χ0v) is 15.1. The third kappa shape index (κ3) is 3.78. The minimum Gasteiger partial charge on any atom is -0.497 e. The molecule has 0 aliphatic carbocycles. The molecule has 2 N–H and O–H groups in total. The minimum absolute atomic E-state index is 0.125. The molecular weight excluding hydrogens is 422 g/mol. The van der Waals surface area contributed by atoms with Gasteiger partial charge in [0.1, 0.15) is 5.75 Å². The average molecular weight is 435 g/mol. The van der Waals surface area contributed by atoms with Crippen molar-refractivity contribution in [2.45, 2.75) is 10.6 Å². The van der Waals surface area contributed by atoms with Gasteiger partial charge in [-0.2, -0.15) is 0 Å². The number of hydrogen-bond acceptors (Lipinski definition) is 4. The van der Waals surface area contributed by atoms with Crippen LogP contribution in [0.15, 0.2) is 50.2 Å². The molecule has 0 amide bonds. The molecule has 4 nitrogen and oxygen atoms in total. The second-order valence-corrected chi connectivity index (χ2v) is 8.13. The summed E-state index contributed by atoms with van der Waals surface area (Å²) in [6, 6.07) is 9.94. The fraction of sp³-hybridized carbons (Fsp3) is 0.143. The van der Waals surface area contributed by atoms with Crippen LogP contribution < -0.4 is 10.5 Å². The molecule has 0 saturated carbocycles. The summed E-state index contributed by atoms with van der Waals surface area (Å²) < 4.78 is 31.6. The number of nitrogens with two attached hydrogens (primary N) is 1. The van der Waals surface area contributed by atoms with Crippen LogP contribution in [0.3, 0.4) is 0 Å². The van der Waals surface area contributed by atoms with E-state index in [2.05, 4.69) is 31.9 Å². The molecule has 2 aromatic rings. The fourth-order valence-corrected chi connectivity index (χ4v) is 4.32. The highest BCUT2D eigenvalue weighted by molar-refractivity contribution is 9.10. The number of sulfone groups is 1. The molecule has 0 aromatic heterocycles. The maximum absolute atomic E-state index is 12.5. The van der Waals surface area contributed by atoms with Gasteiger partial charge in [0.2, 0.25) is 0 Å². The van der Waals surface area contributed by atoms with Crippen LogP contribution in [0.25, 0.3) is 0 Å². The van der Waals surface area contributed by atoms with Gasteiger partial charge in [-0.25, -0.2) is 8.42 Å². The highest BCUT2D eigenvalue weighted by atomic mass is 79.9.